The Balaban J connectivity index is 1.95. The van der Waals surface area contributed by atoms with Gasteiger partial charge in [0.05, 0.1) is 15.2 Å². The van der Waals surface area contributed by atoms with E-state index < -0.39 is 0 Å². The number of nitrogen functional groups attached to an aromatic ring is 1. The summed E-state index contributed by atoms with van der Waals surface area (Å²) in [5, 5.41) is 0.973. The number of hydrogen-bond donors (Lipinski definition) is 1. The van der Waals surface area contributed by atoms with Crippen molar-refractivity contribution in [3.63, 3.8) is 0 Å². The van der Waals surface area contributed by atoms with Crippen molar-refractivity contribution in [1.82, 2.24) is 4.98 Å². The summed E-state index contributed by atoms with van der Waals surface area (Å²) >= 11 is 1.52. The van der Waals surface area contributed by atoms with Crippen LogP contribution in [0.2, 0.25) is 0 Å². The average Bonchev–Trinajstić information content (AvgIpc) is 2.70. The molecule has 0 aliphatic carbocycles. The van der Waals surface area contributed by atoms with Gasteiger partial charge in [0.15, 0.2) is 0 Å². The Bertz CT molecular complexity index is 706. The second-order valence-corrected chi connectivity index (χ2v) is 5.26. The predicted molar refractivity (Wildman–Crippen MR) is 73.2 cm³/mol. The van der Waals surface area contributed by atoms with Gasteiger partial charge in [-0.1, -0.05) is 12.1 Å². The summed E-state index contributed by atoms with van der Waals surface area (Å²) in [6.07, 6.45) is 0.728. The highest BCUT2D eigenvalue weighted by Gasteiger charge is 2.05. The molecule has 2 aromatic carbocycles. The van der Waals surface area contributed by atoms with Crippen LogP contribution in [0.25, 0.3) is 10.2 Å². The summed E-state index contributed by atoms with van der Waals surface area (Å²) in [5.74, 6) is -0.221. The number of hydrogen-bond acceptors (Lipinski definition) is 3. The highest BCUT2D eigenvalue weighted by molar-refractivity contribution is 7.18. The van der Waals surface area contributed by atoms with Crippen LogP contribution < -0.4 is 5.73 Å². The number of aromatic nitrogens is 1. The fraction of sp³-hybridized carbons (Fsp3) is 0.0714. The van der Waals surface area contributed by atoms with Crippen molar-refractivity contribution in [2.75, 3.05) is 5.73 Å². The van der Waals surface area contributed by atoms with Crippen molar-refractivity contribution >= 4 is 27.2 Å². The van der Waals surface area contributed by atoms with Gasteiger partial charge >= 0.3 is 0 Å². The Labute approximate surface area is 108 Å². The maximum atomic E-state index is 13.1. The maximum absolute atomic E-state index is 13.1. The molecule has 0 saturated heterocycles. The molecule has 90 valence electrons. The predicted octanol–water partition coefficient (Wildman–Crippen LogP) is 3.61. The average molecular weight is 258 g/mol. The second-order valence-electron chi connectivity index (χ2n) is 4.14. The van der Waals surface area contributed by atoms with Crippen LogP contribution in [0.1, 0.15) is 10.6 Å². The van der Waals surface area contributed by atoms with Gasteiger partial charge in [-0.2, -0.15) is 0 Å². The second kappa shape index (κ2) is 4.38. The molecule has 1 heterocycles. The number of nitrogens with zero attached hydrogens (tertiary/aromatic N) is 1. The zero-order valence-electron chi connectivity index (χ0n) is 9.56. The van der Waals surface area contributed by atoms with Crippen molar-refractivity contribution in [1.29, 1.82) is 0 Å². The number of anilines is 1. The molecule has 0 radical (unpaired) electrons. The number of benzene rings is 2. The molecule has 3 aromatic rings. The Morgan fingerprint density at radius 1 is 1.17 bits per heavy atom. The van der Waals surface area contributed by atoms with Gasteiger partial charge in [0, 0.05) is 12.1 Å². The number of halogens is 1. The molecule has 0 spiro atoms. The van der Waals surface area contributed by atoms with E-state index >= 15 is 0 Å². The molecule has 2 nitrogen and oxygen atoms in total. The highest BCUT2D eigenvalue weighted by atomic mass is 32.1. The third-order valence-corrected chi connectivity index (χ3v) is 3.72. The van der Waals surface area contributed by atoms with Gasteiger partial charge < -0.3 is 5.73 Å². The zero-order valence-corrected chi connectivity index (χ0v) is 10.4. The summed E-state index contributed by atoms with van der Waals surface area (Å²) in [4.78, 5) is 4.49. The van der Waals surface area contributed by atoms with Gasteiger partial charge in [-0.05, 0) is 35.9 Å². The van der Waals surface area contributed by atoms with Crippen molar-refractivity contribution in [3.05, 3.63) is 58.9 Å². The number of rotatable bonds is 2. The van der Waals surface area contributed by atoms with Crippen LogP contribution in [-0.2, 0) is 6.42 Å². The smallest absolute Gasteiger partial charge is 0.124 e. The molecular formula is C14H11FN2S. The lowest BCUT2D eigenvalue weighted by molar-refractivity contribution is 0.630. The van der Waals surface area contributed by atoms with Crippen LogP contribution in [-0.4, -0.2) is 4.98 Å². The van der Waals surface area contributed by atoms with Gasteiger partial charge in [0.2, 0.25) is 0 Å². The van der Waals surface area contributed by atoms with Crippen molar-refractivity contribution in [2.24, 2.45) is 0 Å². The van der Waals surface area contributed by atoms with Crippen LogP contribution in [0, 0.1) is 5.82 Å². The molecule has 4 heteroatoms. The number of thiazole rings is 1. The standard InChI is InChI=1S/C14H11FN2S/c15-10-4-5-12-13(8-10)18-14(17-12)7-9-2-1-3-11(16)6-9/h1-6,8H,7,16H2. The lowest BCUT2D eigenvalue weighted by Gasteiger charge is -1.98. The molecule has 0 aliphatic rings. The first-order valence-corrected chi connectivity index (χ1v) is 6.42. The fourth-order valence-electron chi connectivity index (χ4n) is 1.90. The Morgan fingerprint density at radius 3 is 2.89 bits per heavy atom. The quantitative estimate of drug-likeness (QED) is 0.713. The van der Waals surface area contributed by atoms with Crippen molar-refractivity contribution < 1.29 is 4.39 Å². The zero-order chi connectivity index (χ0) is 12.5. The molecule has 0 unspecified atom stereocenters. The Kier molecular flexibility index (Phi) is 2.72. The van der Waals surface area contributed by atoms with E-state index in [1.165, 1.54) is 23.5 Å². The van der Waals surface area contributed by atoms with Gasteiger partial charge in [-0.15, -0.1) is 11.3 Å². The lowest BCUT2D eigenvalue weighted by Crippen LogP contribution is -1.90. The normalized spacial score (nSPS) is 10.9. The summed E-state index contributed by atoms with van der Waals surface area (Å²) in [5.41, 5.74) is 8.46. The first-order chi connectivity index (χ1) is 8.70. The molecule has 0 fully saturated rings. The largest absolute Gasteiger partial charge is 0.399 e. The fourth-order valence-corrected chi connectivity index (χ4v) is 2.93. The molecule has 1 aromatic heterocycles. The van der Waals surface area contributed by atoms with Crippen LogP contribution in [0.3, 0.4) is 0 Å². The number of fused-ring (bicyclic) bond motifs is 1. The van der Waals surface area contributed by atoms with E-state index in [1.54, 1.807) is 6.07 Å². The SMILES string of the molecule is Nc1cccc(Cc2nc3ccc(F)cc3s2)c1. The molecule has 0 amide bonds. The van der Waals surface area contributed by atoms with E-state index in [2.05, 4.69) is 4.98 Å². The minimum absolute atomic E-state index is 0.221. The monoisotopic (exact) mass is 258 g/mol. The van der Waals surface area contributed by atoms with Crippen molar-refractivity contribution in [2.45, 2.75) is 6.42 Å². The summed E-state index contributed by atoms with van der Waals surface area (Å²) in [6, 6.07) is 12.4. The summed E-state index contributed by atoms with van der Waals surface area (Å²) in [6.45, 7) is 0. The molecule has 3 rings (SSSR count). The van der Waals surface area contributed by atoms with Gasteiger partial charge in [-0.25, -0.2) is 9.37 Å². The number of nitrogens with two attached hydrogens (primary N) is 1. The van der Waals surface area contributed by atoms with Crippen LogP contribution in [0.15, 0.2) is 42.5 Å². The Hall–Kier alpha value is -1.94. The van der Waals surface area contributed by atoms with Crippen LogP contribution in [0.5, 0.6) is 0 Å². The van der Waals surface area contributed by atoms with E-state index in [9.17, 15) is 4.39 Å². The molecule has 2 N–H and O–H groups in total. The first kappa shape index (κ1) is 11.2. The summed E-state index contributed by atoms with van der Waals surface area (Å²) < 4.78 is 14.0. The van der Waals surface area contributed by atoms with Gasteiger partial charge in [-0.3, -0.25) is 0 Å². The maximum Gasteiger partial charge on any atom is 0.124 e. The van der Waals surface area contributed by atoms with Gasteiger partial charge in [0.1, 0.15) is 5.82 Å². The Morgan fingerprint density at radius 2 is 2.06 bits per heavy atom. The lowest BCUT2D eigenvalue weighted by atomic mass is 10.1. The molecule has 0 aliphatic heterocycles. The molecule has 0 saturated carbocycles. The molecule has 18 heavy (non-hydrogen) atoms. The highest BCUT2D eigenvalue weighted by Crippen LogP contribution is 2.25. The van der Waals surface area contributed by atoms with Crippen LogP contribution in [0.4, 0.5) is 10.1 Å². The molecule has 0 atom stereocenters. The molecule has 0 bridgehead atoms. The minimum atomic E-state index is -0.221. The topological polar surface area (TPSA) is 38.9 Å². The minimum Gasteiger partial charge on any atom is -0.399 e. The summed E-state index contributed by atoms with van der Waals surface area (Å²) in [7, 11) is 0. The van der Waals surface area contributed by atoms with Gasteiger partial charge in [0.25, 0.3) is 0 Å². The van der Waals surface area contributed by atoms with E-state index in [0.29, 0.717) is 0 Å². The first-order valence-electron chi connectivity index (χ1n) is 5.60. The molecular weight excluding hydrogens is 247 g/mol. The van der Waals surface area contributed by atoms with Crippen LogP contribution >= 0.6 is 11.3 Å². The van der Waals surface area contributed by atoms with E-state index in [-0.39, 0.29) is 5.82 Å². The van der Waals surface area contributed by atoms with E-state index in [4.69, 9.17) is 5.73 Å². The third kappa shape index (κ3) is 2.19. The van der Waals surface area contributed by atoms with Crippen molar-refractivity contribution in [3.8, 4) is 0 Å². The third-order valence-electron chi connectivity index (χ3n) is 2.70. The van der Waals surface area contributed by atoms with E-state index in [0.717, 1.165) is 32.9 Å². The van der Waals surface area contributed by atoms with E-state index in [1.807, 2.05) is 24.3 Å².